The first-order valence-electron chi connectivity index (χ1n) is 13.3. The van der Waals surface area contributed by atoms with Crippen molar-refractivity contribution in [1.29, 1.82) is 0 Å². The van der Waals surface area contributed by atoms with E-state index in [0.717, 1.165) is 17.7 Å². The normalized spacial score (nSPS) is 19.1. The first-order valence-corrected chi connectivity index (χ1v) is 13.3. The number of rotatable bonds is 5. The Kier molecular flexibility index (Phi) is 7.43. The van der Waals surface area contributed by atoms with Gasteiger partial charge in [-0.25, -0.2) is 14.2 Å². The topological polar surface area (TPSA) is 71.4 Å². The van der Waals surface area contributed by atoms with Gasteiger partial charge in [-0.2, -0.15) is 0 Å². The van der Waals surface area contributed by atoms with E-state index in [4.69, 9.17) is 14.5 Å². The van der Waals surface area contributed by atoms with Gasteiger partial charge in [0.1, 0.15) is 18.1 Å². The van der Waals surface area contributed by atoms with E-state index in [1.54, 1.807) is 24.3 Å². The van der Waals surface area contributed by atoms with E-state index >= 15 is 4.39 Å². The molecule has 3 aliphatic heterocycles. The molecule has 40 heavy (non-hydrogen) atoms. The van der Waals surface area contributed by atoms with Crippen LogP contribution in [0.4, 0.5) is 4.39 Å². The molecular formula is C32H32FN3O4. The second-order valence-electron chi connectivity index (χ2n) is 9.99. The number of nitrogens with zero attached hydrogens (tertiary/aromatic N) is 3. The summed E-state index contributed by atoms with van der Waals surface area (Å²) < 4.78 is 25.9. The van der Waals surface area contributed by atoms with Crippen molar-refractivity contribution in [2.24, 2.45) is 4.99 Å². The van der Waals surface area contributed by atoms with Gasteiger partial charge < -0.3 is 19.3 Å². The van der Waals surface area contributed by atoms with Gasteiger partial charge in [0.25, 0.3) is 5.91 Å². The number of halogens is 1. The number of carbonyl (C=O) groups is 2. The molecular weight excluding hydrogens is 509 g/mol. The SMILES string of the molecule is C=C(/C=C1/N=C(C(=O)N2CCc3ccccc3C2C)C=C(CC)N1C)c1ccc2c(c1F)OCC(C(=O)OC)=C2. The van der Waals surface area contributed by atoms with Crippen LogP contribution in [0.5, 0.6) is 5.75 Å². The second kappa shape index (κ2) is 11.0. The molecule has 0 aliphatic carbocycles. The summed E-state index contributed by atoms with van der Waals surface area (Å²) in [6, 6.07) is 11.4. The van der Waals surface area contributed by atoms with Crippen LogP contribution in [0.15, 0.2) is 77.2 Å². The molecule has 3 heterocycles. The Morgan fingerprint density at radius 2 is 2.00 bits per heavy atom. The van der Waals surface area contributed by atoms with Gasteiger partial charge in [0.15, 0.2) is 11.6 Å². The highest BCUT2D eigenvalue weighted by atomic mass is 19.1. The predicted octanol–water partition coefficient (Wildman–Crippen LogP) is 5.46. The number of esters is 1. The first-order chi connectivity index (χ1) is 19.2. The molecule has 0 radical (unpaired) electrons. The van der Waals surface area contributed by atoms with Gasteiger partial charge in [0.2, 0.25) is 0 Å². The lowest BCUT2D eigenvalue weighted by molar-refractivity contribution is -0.136. The molecule has 0 aromatic heterocycles. The zero-order chi connectivity index (χ0) is 28.6. The van der Waals surface area contributed by atoms with Crippen molar-refractivity contribution >= 4 is 29.2 Å². The third-order valence-electron chi connectivity index (χ3n) is 7.68. The molecule has 2 aromatic carbocycles. The van der Waals surface area contributed by atoms with E-state index < -0.39 is 11.8 Å². The van der Waals surface area contributed by atoms with Gasteiger partial charge in [-0.3, -0.25) is 4.79 Å². The predicted molar refractivity (Wildman–Crippen MR) is 153 cm³/mol. The van der Waals surface area contributed by atoms with Crippen molar-refractivity contribution in [3.05, 3.63) is 100 Å². The molecule has 7 nitrogen and oxygen atoms in total. The van der Waals surface area contributed by atoms with Crippen LogP contribution in [0.2, 0.25) is 0 Å². The third-order valence-corrected chi connectivity index (χ3v) is 7.68. The van der Waals surface area contributed by atoms with E-state index in [9.17, 15) is 9.59 Å². The Bertz CT molecular complexity index is 1530. The summed E-state index contributed by atoms with van der Waals surface area (Å²) in [7, 11) is 3.15. The molecule has 0 saturated carbocycles. The number of ether oxygens (including phenoxy) is 2. The average molecular weight is 542 g/mol. The molecule has 1 unspecified atom stereocenters. The van der Waals surface area contributed by atoms with Crippen LogP contribution >= 0.6 is 0 Å². The van der Waals surface area contributed by atoms with Gasteiger partial charge in [0.05, 0.1) is 18.7 Å². The fourth-order valence-corrected chi connectivity index (χ4v) is 5.35. The van der Waals surface area contributed by atoms with Gasteiger partial charge in [0, 0.05) is 30.4 Å². The van der Waals surface area contributed by atoms with E-state index in [-0.39, 0.29) is 29.9 Å². The van der Waals surface area contributed by atoms with Crippen molar-refractivity contribution < 1.29 is 23.5 Å². The van der Waals surface area contributed by atoms with Gasteiger partial charge in [-0.1, -0.05) is 49.9 Å². The zero-order valence-electron chi connectivity index (χ0n) is 23.2. The Balaban J connectivity index is 1.45. The highest BCUT2D eigenvalue weighted by molar-refractivity contribution is 6.43. The number of benzene rings is 2. The van der Waals surface area contributed by atoms with Crippen LogP contribution in [-0.2, 0) is 20.7 Å². The Labute approximate surface area is 233 Å². The Hall–Kier alpha value is -4.46. The fraction of sp³-hybridized carbons (Fsp3) is 0.281. The molecule has 0 N–H and O–H groups in total. The molecule has 1 atom stereocenters. The molecule has 0 fully saturated rings. The van der Waals surface area contributed by atoms with E-state index in [1.165, 1.54) is 12.7 Å². The maximum Gasteiger partial charge on any atom is 0.337 e. The van der Waals surface area contributed by atoms with Crippen LogP contribution in [-0.4, -0.2) is 54.7 Å². The van der Waals surface area contributed by atoms with Crippen LogP contribution in [0.25, 0.3) is 11.6 Å². The fourth-order valence-electron chi connectivity index (χ4n) is 5.35. The van der Waals surface area contributed by atoms with Gasteiger partial charge >= 0.3 is 5.97 Å². The van der Waals surface area contributed by atoms with Crippen LogP contribution in [0, 0.1) is 5.82 Å². The lowest BCUT2D eigenvalue weighted by atomic mass is 9.93. The van der Waals surface area contributed by atoms with Crippen molar-refractivity contribution in [3.8, 4) is 5.75 Å². The van der Waals surface area contributed by atoms with E-state index in [0.29, 0.717) is 41.2 Å². The minimum atomic E-state index is -0.578. The van der Waals surface area contributed by atoms with E-state index in [2.05, 4.69) is 18.7 Å². The van der Waals surface area contributed by atoms with Crippen molar-refractivity contribution in [1.82, 2.24) is 9.80 Å². The molecule has 0 bridgehead atoms. The largest absolute Gasteiger partial charge is 0.485 e. The Morgan fingerprint density at radius 1 is 1.23 bits per heavy atom. The summed E-state index contributed by atoms with van der Waals surface area (Å²) in [6.45, 7) is 8.67. The zero-order valence-corrected chi connectivity index (χ0v) is 23.2. The second-order valence-corrected chi connectivity index (χ2v) is 9.99. The third kappa shape index (κ3) is 4.85. The van der Waals surface area contributed by atoms with E-state index in [1.807, 2.05) is 48.9 Å². The number of fused-ring (bicyclic) bond motifs is 2. The summed E-state index contributed by atoms with van der Waals surface area (Å²) in [4.78, 5) is 34.0. The highest BCUT2D eigenvalue weighted by Crippen LogP contribution is 2.35. The average Bonchev–Trinajstić information content (AvgIpc) is 2.97. The molecule has 1 amide bonds. The number of aliphatic imine (C=N–C) groups is 1. The minimum absolute atomic E-state index is 0.0505. The number of allylic oxidation sites excluding steroid dienone is 3. The quantitative estimate of drug-likeness (QED) is 0.471. The molecule has 206 valence electrons. The maximum absolute atomic E-state index is 15.5. The maximum atomic E-state index is 15.5. The van der Waals surface area contributed by atoms with Crippen LogP contribution < -0.4 is 4.74 Å². The lowest BCUT2D eigenvalue weighted by Crippen LogP contribution is -2.43. The number of hydrogen-bond acceptors (Lipinski definition) is 6. The summed E-state index contributed by atoms with van der Waals surface area (Å²) in [5.41, 5.74) is 5.05. The van der Waals surface area contributed by atoms with Gasteiger partial charge in [-0.05, 0) is 54.7 Å². The molecule has 3 aliphatic rings. The van der Waals surface area contributed by atoms with Crippen LogP contribution in [0.1, 0.15) is 48.6 Å². The molecule has 0 spiro atoms. The number of carbonyl (C=O) groups excluding carboxylic acids is 2. The highest BCUT2D eigenvalue weighted by Gasteiger charge is 2.31. The van der Waals surface area contributed by atoms with Crippen LogP contribution in [0.3, 0.4) is 0 Å². The summed E-state index contributed by atoms with van der Waals surface area (Å²) >= 11 is 0. The van der Waals surface area contributed by atoms with Crippen molar-refractivity contribution in [2.75, 3.05) is 27.3 Å². The number of amides is 1. The van der Waals surface area contributed by atoms with Crippen molar-refractivity contribution in [2.45, 2.75) is 32.7 Å². The Morgan fingerprint density at radius 3 is 2.75 bits per heavy atom. The smallest absolute Gasteiger partial charge is 0.337 e. The summed E-state index contributed by atoms with van der Waals surface area (Å²) in [5, 5.41) is 0. The molecule has 5 rings (SSSR count). The number of hydrogen-bond donors (Lipinski definition) is 0. The summed E-state index contributed by atoms with van der Waals surface area (Å²) in [6.07, 6.45) is 6.54. The minimum Gasteiger partial charge on any atom is -0.485 e. The summed E-state index contributed by atoms with van der Waals surface area (Å²) in [5.74, 6) is -0.696. The standard InChI is InChI=1S/C32H32FN3O4/c1-6-24-17-27(31(37)36-14-13-21-9-7-8-10-26(21)20(36)3)34-28(35(24)4)15-19(2)25-12-11-22-16-23(32(38)39-5)18-40-30(22)29(25)33/h7-12,15-17,20H,2,6,13-14,18H2,1,3-5H3/b28-15-. The first kappa shape index (κ1) is 27.1. The molecule has 2 aromatic rings. The molecule has 0 saturated heterocycles. The van der Waals surface area contributed by atoms with Crippen molar-refractivity contribution in [3.63, 3.8) is 0 Å². The lowest BCUT2D eigenvalue weighted by Gasteiger charge is -2.36. The monoisotopic (exact) mass is 541 g/mol. The molecule has 8 heteroatoms. The van der Waals surface area contributed by atoms with Gasteiger partial charge in [-0.15, -0.1) is 0 Å². The number of methoxy groups -OCH3 is 1.